The normalized spacial score (nSPS) is 16.3. The molecule has 0 saturated heterocycles. The molecule has 0 aromatic heterocycles. The van der Waals surface area contributed by atoms with Crippen LogP contribution in [0.5, 0.6) is 5.75 Å². The highest BCUT2D eigenvalue weighted by Crippen LogP contribution is 2.44. The summed E-state index contributed by atoms with van der Waals surface area (Å²) in [6.07, 6.45) is 0. The molecule has 0 radical (unpaired) electrons. The zero-order valence-electron chi connectivity index (χ0n) is 16.8. The van der Waals surface area contributed by atoms with Crippen LogP contribution in [0.1, 0.15) is 28.3 Å². The second-order valence-corrected chi connectivity index (χ2v) is 8.28. The summed E-state index contributed by atoms with van der Waals surface area (Å²) in [6, 6.07) is 23.0. The van der Waals surface area contributed by atoms with Gasteiger partial charge in [-0.25, -0.2) is 0 Å². The van der Waals surface area contributed by atoms with Gasteiger partial charge in [0.1, 0.15) is 5.75 Å². The predicted molar refractivity (Wildman–Crippen MR) is 121 cm³/mol. The number of aliphatic hydroxyl groups excluding tert-OH is 1. The Morgan fingerprint density at radius 3 is 2.20 bits per heavy atom. The smallest absolute Gasteiger partial charge is 0.290 e. The van der Waals surface area contributed by atoms with Crippen LogP contribution in [0.4, 0.5) is 0 Å². The maximum Gasteiger partial charge on any atom is 0.290 e. The van der Waals surface area contributed by atoms with Crippen LogP contribution in [-0.2, 0) is 11.3 Å². The molecular formula is C25H22BrNO3. The molecule has 1 atom stereocenters. The van der Waals surface area contributed by atoms with E-state index in [4.69, 9.17) is 4.74 Å². The van der Waals surface area contributed by atoms with Crippen molar-refractivity contribution < 1.29 is 14.6 Å². The minimum Gasteiger partial charge on any atom is -0.503 e. The first-order valence-corrected chi connectivity index (χ1v) is 10.5. The van der Waals surface area contributed by atoms with Crippen molar-refractivity contribution in [3.05, 3.63) is 105 Å². The summed E-state index contributed by atoms with van der Waals surface area (Å²) in [6.45, 7) is 2.39. The Balaban J connectivity index is 1.77. The zero-order valence-corrected chi connectivity index (χ0v) is 18.4. The lowest BCUT2D eigenvalue weighted by molar-refractivity contribution is -0.130. The molecule has 1 heterocycles. The van der Waals surface area contributed by atoms with Gasteiger partial charge in [-0.2, -0.15) is 0 Å². The highest BCUT2D eigenvalue weighted by atomic mass is 79.9. The maximum absolute atomic E-state index is 13.1. The SMILES string of the molecule is COc1ccc(CN2C(=O)C(O)=C(c3ccc(C)cc3)C2c2ccc(Br)cc2)cc1. The highest BCUT2D eigenvalue weighted by molar-refractivity contribution is 9.10. The number of amides is 1. The summed E-state index contributed by atoms with van der Waals surface area (Å²) in [5.41, 5.74) is 4.51. The number of carbonyl (C=O) groups is 1. The van der Waals surface area contributed by atoms with Gasteiger partial charge < -0.3 is 14.7 Å². The molecule has 30 heavy (non-hydrogen) atoms. The Morgan fingerprint density at radius 2 is 1.60 bits per heavy atom. The molecule has 0 spiro atoms. The summed E-state index contributed by atoms with van der Waals surface area (Å²) in [5, 5.41) is 10.9. The number of nitrogens with zero attached hydrogens (tertiary/aromatic N) is 1. The highest BCUT2D eigenvalue weighted by Gasteiger charge is 2.40. The predicted octanol–water partition coefficient (Wildman–Crippen LogP) is 5.82. The first kappa shape index (κ1) is 20.2. The lowest BCUT2D eigenvalue weighted by Gasteiger charge is -2.27. The molecule has 0 bridgehead atoms. The average molecular weight is 464 g/mol. The third-order valence-electron chi connectivity index (χ3n) is 5.36. The number of aliphatic hydroxyl groups is 1. The second kappa shape index (κ2) is 8.36. The fourth-order valence-electron chi connectivity index (χ4n) is 3.76. The zero-order chi connectivity index (χ0) is 21.3. The van der Waals surface area contributed by atoms with Crippen molar-refractivity contribution in [3.8, 4) is 5.75 Å². The molecule has 4 nitrogen and oxygen atoms in total. The molecule has 0 fully saturated rings. The minimum absolute atomic E-state index is 0.194. The van der Waals surface area contributed by atoms with Gasteiger partial charge in [-0.05, 0) is 47.9 Å². The van der Waals surface area contributed by atoms with Gasteiger partial charge in [-0.3, -0.25) is 4.79 Å². The van der Waals surface area contributed by atoms with Crippen molar-refractivity contribution in [3.63, 3.8) is 0 Å². The summed E-state index contributed by atoms with van der Waals surface area (Å²) >= 11 is 3.47. The summed E-state index contributed by atoms with van der Waals surface area (Å²) in [7, 11) is 1.62. The maximum atomic E-state index is 13.1. The second-order valence-electron chi connectivity index (χ2n) is 7.36. The fraction of sp³-hybridized carbons (Fsp3) is 0.160. The lowest BCUT2D eigenvalue weighted by Crippen LogP contribution is -2.29. The van der Waals surface area contributed by atoms with Crippen LogP contribution in [0.3, 0.4) is 0 Å². The van der Waals surface area contributed by atoms with E-state index >= 15 is 0 Å². The average Bonchev–Trinajstić information content (AvgIpc) is 3.00. The molecule has 1 N–H and O–H groups in total. The van der Waals surface area contributed by atoms with E-state index in [1.807, 2.05) is 79.7 Å². The summed E-state index contributed by atoms with van der Waals surface area (Å²) in [5.74, 6) is 0.201. The van der Waals surface area contributed by atoms with Crippen LogP contribution in [0.25, 0.3) is 5.57 Å². The third kappa shape index (κ3) is 3.85. The van der Waals surface area contributed by atoms with Gasteiger partial charge in [0.2, 0.25) is 0 Å². The van der Waals surface area contributed by atoms with Crippen molar-refractivity contribution in [1.82, 2.24) is 4.90 Å². The van der Waals surface area contributed by atoms with Gasteiger partial charge in [0.05, 0.1) is 13.2 Å². The lowest BCUT2D eigenvalue weighted by atomic mass is 9.93. The van der Waals surface area contributed by atoms with Gasteiger partial charge >= 0.3 is 0 Å². The van der Waals surface area contributed by atoms with E-state index in [9.17, 15) is 9.90 Å². The summed E-state index contributed by atoms with van der Waals surface area (Å²) in [4.78, 5) is 14.8. The van der Waals surface area contributed by atoms with Crippen molar-refractivity contribution in [1.29, 1.82) is 0 Å². The molecule has 1 unspecified atom stereocenters. The van der Waals surface area contributed by atoms with Crippen LogP contribution in [-0.4, -0.2) is 23.0 Å². The van der Waals surface area contributed by atoms with E-state index in [2.05, 4.69) is 15.9 Å². The molecule has 3 aromatic carbocycles. The molecule has 1 aliphatic rings. The summed E-state index contributed by atoms with van der Waals surface area (Å²) < 4.78 is 6.19. The molecule has 3 aromatic rings. The number of benzene rings is 3. The van der Waals surface area contributed by atoms with Gasteiger partial charge in [0.25, 0.3) is 5.91 Å². The molecule has 5 heteroatoms. The van der Waals surface area contributed by atoms with Crippen LogP contribution in [0, 0.1) is 6.92 Å². The molecule has 4 rings (SSSR count). The largest absolute Gasteiger partial charge is 0.503 e. The fourth-order valence-corrected chi connectivity index (χ4v) is 4.03. The van der Waals surface area contributed by atoms with E-state index in [1.165, 1.54) is 0 Å². The Kier molecular flexibility index (Phi) is 5.64. The van der Waals surface area contributed by atoms with Crippen LogP contribution in [0.2, 0.25) is 0 Å². The topological polar surface area (TPSA) is 49.8 Å². The quantitative estimate of drug-likeness (QED) is 0.518. The number of ether oxygens (including phenoxy) is 1. The molecule has 0 aliphatic carbocycles. The van der Waals surface area contributed by atoms with E-state index in [1.54, 1.807) is 12.0 Å². The van der Waals surface area contributed by atoms with Gasteiger partial charge in [-0.15, -0.1) is 0 Å². The first-order valence-electron chi connectivity index (χ1n) is 9.67. The molecule has 1 aliphatic heterocycles. The van der Waals surface area contributed by atoms with Crippen molar-refractivity contribution in [2.75, 3.05) is 7.11 Å². The Hall–Kier alpha value is -3.05. The number of rotatable bonds is 5. The van der Waals surface area contributed by atoms with E-state index in [0.29, 0.717) is 12.1 Å². The van der Waals surface area contributed by atoms with E-state index < -0.39 is 0 Å². The number of halogens is 1. The van der Waals surface area contributed by atoms with E-state index in [-0.39, 0.29) is 17.7 Å². The van der Waals surface area contributed by atoms with Gasteiger partial charge in [0.15, 0.2) is 5.76 Å². The Morgan fingerprint density at radius 1 is 0.967 bits per heavy atom. The van der Waals surface area contributed by atoms with Crippen molar-refractivity contribution >= 4 is 27.4 Å². The number of methoxy groups -OCH3 is 1. The van der Waals surface area contributed by atoms with E-state index in [0.717, 1.165) is 32.5 Å². The van der Waals surface area contributed by atoms with Gasteiger partial charge in [-0.1, -0.05) is 70.0 Å². The van der Waals surface area contributed by atoms with Crippen molar-refractivity contribution in [2.24, 2.45) is 0 Å². The van der Waals surface area contributed by atoms with Crippen LogP contribution < -0.4 is 4.74 Å². The molecule has 152 valence electrons. The number of aryl methyl sites for hydroxylation is 1. The number of carbonyl (C=O) groups excluding carboxylic acids is 1. The molecular weight excluding hydrogens is 442 g/mol. The molecule has 0 saturated carbocycles. The van der Waals surface area contributed by atoms with Crippen LogP contribution in [0.15, 0.2) is 83.0 Å². The first-order chi connectivity index (χ1) is 14.5. The monoisotopic (exact) mass is 463 g/mol. The Bertz CT molecular complexity index is 1090. The number of hydrogen-bond acceptors (Lipinski definition) is 3. The van der Waals surface area contributed by atoms with Gasteiger partial charge in [0, 0.05) is 16.6 Å². The van der Waals surface area contributed by atoms with Crippen LogP contribution >= 0.6 is 15.9 Å². The Labute approximate surface area is 184 Å². The standard InChI is InChI=1S/C25H22BrNO3/c1-16-3-7-18(8-4-16)22-23(19-9-11-20(26)12-10-19)27(25(29)24(22)28)15-17-5-13-21(30-2)14-6-17/h3-14,23,28H,15H2,1-2H3. The minimum atomic E-state index is -0.379. The third-order valence-corrected chi connectivity index (χ3v) is 5.89. The molecule has 1 amide bonds. The van der Waals surface area contributed by atoms with Crippen molar-refractivity contribution in [2.45, 2.75) is 19.5 Å². The number of hydrogen-bond donors (Lipinski definition) is 1.